The zero-order valence-electron chi connectivity index (χ0n) is 13.8. The Morgan fingerprint density at radius 2 is 1.84 bits per heavy atom. The molecular formula is C19H18FN3O2. The van der Waals surface area contributed by atoms with E-state index in [1.165, 1.54) is 16.8 Å². The molecular weight excluding hydrogens is 321 g/mol. The molecule has 1 heterocycles. The molecule has 2 aromatic carbocycles. The highest BCUT2D eigenvalue weighted by molar-refractivity contribution is 5.92. The van der Waals surface area contributed by atoms with Gasteiger partial charge in [-0.3, -0.25) is 4.79 Å². The minimum atomic E-state index is -0.313. The maximum atomic E-state index is 13.0. The Balaban J connectivity index is 1.55. The van der Waals surface area contributed by atoms with Gasteiger partial charge in [0.25, 0.3) is 5.91 Å². The largest absolute Gasteiger partial charge is 0.497 e. The number of aromatic nitrogens is 2. The molecule has 0 aliphatic carbocycles. The van der Waals surface area contributed by atoms with E-state index >= 15 is 0 Å². The van der Waals surface area contributed by atoms with E-state index in [0.29, 0.717) is 24.3 Å². The lowest BCUT2D eigenvalue weighted by molar-refractivity contribution is 0.0948. The molecule has 0 radical (unpaired) electrons. The Morgan fingerprint density at radius 3 is 2.52 bits per heavy atom. The monoisotopic (exact) mass is 339 g/mol. The van der Waals surface area contributed by atoms with Gasteiger partial charge in [-0.15, -0.1) is 0 Å². The van der Waals surface area contributed by atoms with E-state index in [1.54, 1.807) is 31.5 Å². The number of methoxy groups -OCH3 is 1. The molecule has 0 saturated heterocycles. The SMILES string of the molecule is COc1ccc(CCNC(=O)c2ccn(-c3ccc(F)cc3)n2)cc1. The number of nitrogens with one attached hydrogen (secondary N) is 1. The van der Waals surface area contributed by atoms with Gasteiger partial charge in [0, 0.05) is 12.7 Å². The number of nitrogens with zero attached hydrogens (tertiary/aromatic N) is 2. The highest BCUT2D eigenvalue weighted by Gasteiger charge is 2.09. The number of hydrogen-bond donors (Lipinski definition) is 1. The second kappa shape index (κ2) is 7.61. The fraction of sp³-hybridized carbons (Fsp3) is 0.158. The molecule has 6 heteroatoms. The van der Waals surface area contributed by atoms with Crippen LogP contribution < -0.4 is 10.1 Å². The van der Waals surface area contributed by atoms with Crippen molar-refractivity contribution in [1.29, 1.82) is 0 Å². The molecule has 0 aliphatic rings. The molecule has 0 saturated carbocycles. The van der Waals surface area contributed by atoms with E-state index in [1.807, 2.05) is 24.3 Å². The maximum Gasteiger partial charge on any atom is 0.271 e. The summed E-state index contributed by atoms with van der Waals surface area (Å²) in [5, 5.41) is 7.07. The van der Waals surface area contributed by atoms with Crippen molar-refractivity contribution >= 4 is 5.91 Å². The van der Waals surface area contributed by atoms with Gasteiger partial charge >= 0.3 is 0 Å². The molecule has 0 fully saturated rings. The van der Waals surface area contributed by atoms with E-state index in [2.05, 4.69) is 10.4 Å². The fourth-order valence-corrected chi connectivity index (χ4v) is 2.39. The summed E-state index contributed by atoms with van der Waals surface area (Å²) in [6.07, 6.45) is 2.39. The highest BCUT2D eigenvalue weighted by Crippen LogP contribution is 2.12. The molecule has 1 amide bonds. The number of ether oxygens (including phenoxy) is 1. The standard InChI is InChI=1S/C19H18FN3O2/c1-25-17-8-2-14(3-9-17)10-12-21-19(24)18-11-13-23(22-18)16-6-4-15(20)5-7-16/h2-9,11,13H,10,12H2,1H3,(H,21,24). The van der Waals surface area contributed by atoms with Gasteiger partial charge in [0.15, 0.2) is 5.69 Å². The maximum absolute atomic E-state index is 13.0. The third kappa shape index (κ3) is 4.23. The molecule has 0 unspecified atom stereocenters. The molecule has 5 nitrogen and oxygen atoms in total. The molecule has 0 atom stereocenters. The molecule has 0 spiro atoms. The molecule has 128 valence electrons. The normalized spacial score (nSPS) is 10.5. The minimum Gasteiger partial charge on any atom is -0.497 e. The molecule has 0 bridgehead atoms. The van der Waals surface area contributed by atoms with Crippen molar-refractivity contribution < 1.29 is 13.9 Å². The van der Waals surface area contributed by atoms with Gasteiger partial charge in [0.05, 0.1) is 12.8 Å². The van der Waals surface area contributed by atoms with Crippen molar-refractivity contribution in [1.82, 2.24) is 15.1 Å². The molecule has 1 N–H and O–H groups in total. The number of carbonyl (C=O) groups excluding carboxylic acids is 1. The van der Waals surface area contributed by atoms with Crippen LogP contribution in [-0.4, -0.2) is 29.3 Å². The molecule has 1 aromatic heterocycles. The Bertz CT molecular complexity index is 842. The van der Waals surface area contributed by atoms with E-state index in [9.17, 15) is 9.18 Å². The average Bonchev–Trinajstić information content (AvgIpc) is 3.13. The summed E-state index contributed by atoms with van der Waals surface area (Å²) < 4.78 is 19.6. The number of benzene rings is 2. The topological polar surface area (TPSA) is 56.1 Å². The van der Waals surface area contributed by atoms with Crippen molar-refractivity contribution in [3.05, 3.63) is 77.9 Å². The van der Waals surface area contributed by atoms with Crippen molar-refractivity contribution in [3.63, 3.8) is 0 Å². The third-order valence-corrected chi connectivity index (χ3v) is 3.77. The lowest BCUT2D eigenvalue weighted by Gasteiger charge is -2.05. The van der Waals surface area contributed by atoms with Gasteiger partial charge in [0.1, 0.15) is 11.6 Å². The van der Waals surface area contributed by atoms with Crippen molar-refractivity contribution in [3.8, 4) is 11.4 Å². The summed E-state index contributed by atoms with van der Waals surface area (Å²) in [7, 11) is 1.63. The minimum absolute atomic E-state index is 0.241. The van der Waals surface area contributed by atoms with E-state index in [4.69, 9.17) is 4.74 Å². The van der Waals surface area contributed by atoms with Gasteiger partial charge in [-0.2, -0.15) is 5.10 Å². The van der Waals surface area contributed by atoms with Gasteiger partial charge in [0.2, 0.25) is 0 Å². The first-order valence-corrected chi connectivity index (χ1v) is 7.88. The van der Waals surface area contributed by atoms with Crippen LogP contribution in [0.4, 0.5) is 4.39 Å². The lowest BCUT2D eigenvalue weighted by atomic mass is 10.1. The second-order valence-electron chi connectivity index (χ2n) is 5.48. The van der Waals surface area contributed by atoms with Crippen LogP contribution in [0.3, 0.4) is 0 Å². The van der Waals surface area contributed by atoms with Gasteiger partial charge in [-0.25, -0.2) is 9.07 Å². The third-order valence-electron chi connectivity index (χ3n) is 3.77. The zero-order valence-corrected chi connectivity index (χ0v) is 13.8. The van der Waals surface area contributed by atoms with Crippen LogP contribution >= 0.6 is 0 Å². The van der Waals surface area contributed by atoms with E-state index in [-0.39, 0.29) is 11.7 Å². The first-order chi connectivity index (χ1) is 12.2. The summed E-state index contributed by atoms with van der Waals surface area (Å²) in [6.45, 7) is 0.509. The van der Waals surface area contributed by atoms with Crippen LogP contribution in [0.15, 0.2) is 60.8 Å². The van der Waals surface area contributed by atoms with Crippen LogP contribution in [-0.2, 0) is 6.42 Å². The van der Waals surface area contributed by atoms with Crippen LogP contribution in [0.2, 0.25) is 0 Å². The second-order valence-corrected chi connectivity index (χ2v) is 5.48. The first-order valence-electron chi connectivity index (χ1n) is 7.88. The van der Waals surface area contributed by atoms with Crippen molar-refractivity contribution in [2.45, 2.75) is 6.42 Å². The number of carbonyl (C=O) groups is 1. The number of amides is 1. The lowest BCUT2D eigenvalue weighted by Crippen LogP contribution is -2.26. The summed E-state index contributed by atoms with van der Waals surface area (Å²) in [6, 6.07) is 15.3. The Hall–Kier alpha value is -3.15. The molecule has 0 aliphatic heterocycles. The predicted molar refractivity (Wildman–Crippen MR) is 92.6 cm³/mol. The van der Waals surface area contributed by atoms with Crippen molar-refractivity contribution in [2.75, 3.05) is 13.7 Å². The number of halogens is 1. The average molecular weight is 339 g/mol. The highest BCUT2D eigenvalue weighted by atomic mass is 19.1. The summed E-state index contributed by atoms with van der Waals surface area (Å²) in [5.74, 6) is 0.251. The van der Waals surface area contributed by atoms with E-state index < -0.39 is 0 Å². The van der Waals surface area contributed by atoms with Crippen LogP contribution in [0.5, 0.6) is 5.75 Å². The predicted octanol–water partition coefficient (Wildman–Crippen LogP) is 2.99. The van der Waals surface area contributed by atoms with Crippen molar-refractivity contribution in [2.24, 2.45) is 0 Å². The van der Waals surface area contributed by atoms with Crippen LogP contribution in [0.1, 0.15) is 16.1 Å². The fourth-order valence-electron chi connectivity index (χ4n) is 2.39. The first kappa shape index (κ1) is 16.7. The molecule has 25 heavy (non-hydrogen) atoms. The zero-order chi connectivity index (χ0) is 17.6. The summed E-state index contributed by atoms with van der Waals surface area (Å²) in [4.78, 5) is 12.2. The summed E-state index contributed by atoms with van der Waals surface area (Å²) >= 11 is 0. The Labute approximate surface area is 145 Å². The Morgan fingerprint density at radius 1 is 1.12 bits per heavy atom. The number of rotatable bonds is 6. The quantitative estimate of drug-likeness (QED) is 0.751. The molecule has 3 aromatic rings. The number of hydrogen-bond acceptors (Lipinski definition) is 3. The van der Waals surface area contributed by atoms with Gasteiger partial charge < -0.3 is 10.1 Å². The van der Waals surface area contributed by atoms with Crippen LogP contribution in [0, 0.1) is 5.82 Å². The smallest absolute Gasteiger partial charge is 0.271 e. The van der Waals surface area contributed by atoms with Crippen LogP contribution in [0.25, 0.3) is 5.69 Å². The summed E-state index contributed by atoms with van der Waals surface area (Å²) in [5.41, 5.74) is 2.12. The van der Waals surface area contributed by atoms with Gasteiger partial charge in [-0.1, -0.05) is 12.1 Å². The van der Waals surface area contributed by atoms with Gasteiger partial charge in [-0.05, 0) is 54.4 Å². The van der Waals surface area contributed by atoms with E-state index in [0.717, 1.165) is 11.3 Å². The molecule has 3 rings (SSSR count). The Kier molecular flexibility index (Phi) is 5.09.